The van der Waals surface area contributed by atoms with Crippen molar-refractivity contribution < 1.29 is 4.79 Å². The predicted molar refractivity (Wildman–Crippen MR) is 94.8 cm³/mol. The number of H-pyrrole nitrogens is 1. The Balaban J connectivity index is 0.000000224. The van der Waals surface area contributed by atoms with E-state index in [4.69, 9.17) is 11.5 Å². The van der Waals surface area contributed by atoms with E-state index in [1.165, 1.54) is 0 Å². The van der Waals surface area contributed by atoms with Crippen molar-refractivity contribution in [2.75, 3.05) is 5.73 Å². The Hall–Kier alpha value is -2.96. The van der Waals surface area contributed by atoms with Crippen LogP contribution in [-0.4, -0.2) is 25.8 Å². The molecule has 1 aromatic carbocycles. The van der Waals surface area contributed by atoms with Crippen LogP contribution < -0.4 is 11.5 Å². The fourth-order valence-electron chi connectivity index (χ4n) is 2.29. The van der Waals surface area contributed by atoms with Crippen LogP contribution in [0.2, 0.25) is 0 Å². The maximum atomic E-state index is 10.4. The number of nitrogens with one attached hydrogen (secondary N) is 1. The van der Waals surface area contributed by atoms with Gasteiger partial charge in [-0.3, -0.25) is 4.79 Å². The first-order chi connectivity index (χ1) is 11.6. The first-order valence-corrected chi connectivity index (χ1v) is 7.87. The van der Waals surface area contributed by atoms with Gasteiger partial charge in [0.1, 0.15) is 5.69 Å². The van der Waals surface area contributed by atoms with Gasteiger partial charge in [-0.15, -0.1) is 0 Å². The summed E-state index contributed by atoms with van der Waals surface area (Å²) in [5.74, 6) is 0.943. The molecule has 24 heavy (non-hydrogen) atoms. The second kappa shape index (κ2) is 8.05. The molecule has 3 rings (SSSR count). The van der Waals surface area contributed by atoms with Crippen LogP contribution in [0.3, 0.4) is 0 Å². The summed E-state index contributed by atoms with van der Waals surface area (Å²) in [6.07, 6.45) is 4.89. The van der Waals surface area contributed by atoms with E-state index in [0.29, 0.717) is 17.3 Å². The predicted octanol–water partition coefficient (Wildman–Crippen LogP) is 2.51. The molecule has 0 saturated carbocycles. The van der Waals surface area contributed by atoms with Crippen LogP contribution in [0.5, 0.6) is 0 Å². The van der Waals surface area contributed by atoms with E-state index in [-0.39, 0.29) is 11.8 Å². The van der Waals surface area contributed by atoms with Gasteiger partial charge >= 0.3 is 0 Å². The SMILES string of the molecule is CCC(CC)C(N)=O.Nc1nccnc1-c1nc2ccccc2[nH]1. The normalized spacial score (nSPS) is 10.5. The first kappa shape index (κ1) is 17.4. The van der Waals surface area contributed by atoms with Crippen molar-refractivity contribution in [1.29, 1.82) is 0 Å². The summed E-state index contributed by atoms with van der Waals surface area (Å²) in [4.78, 5) is 26.1. The molecule has 7 nitrogen and oxygen atoms in total. The highest BCUT2D eigenvalue weighted by atomic mass is 16.1. The van der Waals surface area contributed by atoms with E-state index in [9.17, 15) is 4.79 Å². The van der Waals surface area contributed by atoms with Gasteiger partial charge in [-0.25, -0.2) is 15.0 Å². The average Bonchev–Trinajstić information content (AvgIpc) is 3.00. The molecule has 0 bridgehead atoms. The second-order valence-electron chi connectivity index (χ2n) is 5.31. The standard InChI is InChI=1S/C11H9N5.C6H13NO/c12-10-9(13-5-6-14-10)11-15-7-3-1-2-4-8(7)16-11;1-3-5(4-2)6(7)8/h1-6H,(H2,12,14)(H,15,16);5H,3-4H2,1-2H3,(H2,7,8). The fraction of sp³-hybridized carbons (Fsp3) is 0.294. The van der Waals surface area contributed by atoms with E-state index in [0.717, 1.165) is 23.9 Å². The number of imidazole rings is 1. The Morgan fingerprint density at radius 2 is 1.83 bits per heavy atom. The second-order valence-corrected chi connectivity index (χ2v) is 5.31. The summed E-state index contributed by atoms with van der Waals surface area (Å²) in [6.45, 7) is 3.94. The zero-order chi connectivity index (χ0) is 17.5. The van der Waals surface area contributed by atoms with Crippen LogP contribution in [0, 0.1) is 5.92 Å². The first-order valence-electron chi connectivity index (χ1n) is 7.87. The van der Waals surface area contributed by atoms with E-state index in [1.54, 1.807) is 12.4 Å². The zero-order valence-electron chi connectivity index (χ0n) is 13.9. The third-order valence-corrected chi connectivity index (χ3v) is 3.73. The van der Waals surface area contributed by atoms with Gasteiger partial charge < -0.3 is 16.5 Å². The third-order valence-electron chi connectivity index (χ3n) is 3.73. The number of carbonyl (C=O) groups excluding carboxylic acids is 1. The lowest BCUT2D eigenvalue weighted by Crippen LogP contribution is -2.21. The lowest BCUT2D eigenvalue weighted by Gasteiger charge is -2.04. The number of aromatic nitrogens is 4. The smallest absolute Gasteiger partial charge is 0.220 e. The maximum absolute atomic E-state index is 10.4. The lowest BCUT2D eigenvalue weighted by atomic mass is 10.0. The van der Waals surface area contributed by atoms with Crippen molar-refractivity contribution in [2.24, 2.45) is 11.7 Å². The number of nitrogens with zero attached hydrogens (tertiary/aromatic N) is 3. The monoisotopic (exact) mass is 326 g/mol. The molecule has 0 radical (unpaired) electrons. The molecule has 7 heteroatoms. The van der Waals surface area contributed by atoms with Gasteiger partial charge in [-0.1, -0.05) is 26.0 Å². The van der Waals surface area contributed by atoms with Crippen molar-refractivity contribution in [1.82, 2.24) is 19.9 Å². The number of nitrogen functional groups attached to an aromatic ring is 1. The highest BCUT2D eigenvalue weighted by molar-refractivity contribution is 5.80. The van der Waals surface area contributed by atoms with Crippen LogP contribution in [0.25, 0.3) is 22.6 Å². The average molecular weight is 326 g/mol. The number of para-hydroxylation sites is 2. The molecule has 0 aliphatic heterocycles. The number of nitrogens with two attached hydrogens (primary N) is 2. The van der Waals surface area contributed by atoms with Gasteiger partial charge in [0.05, 0.1) is 11.0 Å². The molecule has 3 aromatic rings. The summed E-state index contributed by atoms with van der Waals surface area (Å²) < 4.78 is 0. The Bertz CT molecular complexity index is 776. The molecule has 0 spiro atoms. The largest absolute Gasteiger partial charge is 0.382 e. The number of rotatable bonds is 4. The van der Waals surface area contributed by atoms with Gasteiger partial charge in [-0.05, 0) is 25.0 Å². The molecule has 5 N–H and O–H groups in total. The Labute approximate surface area is 140 Å². The van der Waals surface area contributed by atoms with E-state index < -0.39 is 0 Å². The molecule has 0 aliphatic carbocycles. The van der Waals surface area contributed by atoms with Crippen LogP contribution in [0.4, 0.5) is 5.82 Å². The Morgan fingerprint density at radius 3 is 2.38 bits per heavy atom. The number of hydrogen-bond donors (Lipinski definition) is 3. The molecule has 0 atom stereocenters. The number of hydrogen-bond acceptors (Lipinski definition) is 5. The summed E-state index contributed by atoms with van der Waals surface area (Å²) in [7, 11) is 0. The molecule has 2 aromatic heterocycles. The highest BCUT2D eigenvalue weighted by Crippen LogP contribution is 2.21. The summed E-state index contributed by atoms with van der Waals surface area (Å²) in [6, 6.07) is 7.78. The molecular weight excluding hydrogens is 304 g/mol. The van der Waals surface area contributed by atoms with Crippen LogP contribution in [0.15, 0.2) is 36.7 Å². The number of anilines is 1. The number of primary amides is 1. The van der Waals surface area contributed by atoms with Crippen LogP contribution >= 0.6 is 0 Å². The molecular formula is C17H22N6O. The molecule has 126 valence electrons. The highest BCUT2D eigenvalue weighted by Gasteiger charge is 2.09. The molecule has 0 unspecified atom stereocenters. The van der Waals surface area contributed by atoms with Gasteiger partial charge in [0.25, 0.3) is 0 Å². The third kappa shape index (κ3) is 4.07. The molecule has 0 fully saturated rings. The van der Waals surface area contributed by atoms with Crippen LogP contribution in [-0.2, 0) is 4.79 Å². The van der Waals surface area contributed by atoms with Gasteiger partial charge in [0.15, 0.2) is 11.6 Å². The Kier molecular flexibility index (Phi) is 5.83. The summed E-state index contributed by atoms with van der Waals surface area (Å²) in [5, 5.41) is 0. The van der Waals surface area contributed by atoms with Crippen LogP contribution in [0.1, 0.15) is 26.7 Å². The van der Waals surface area contributed by atoms with E-state index >= 15 is 0 Å². The van der Waals surface area contributed by atoms with E-state index in [1.807, 2.05) is 38.1 Å². The maximum Gasteiger partial charge on any atom is 0.220 e. The quantitative estimate of drug-likeness (QED) is 0.679. The molecule has 0 aliphatic rings. The van der Waals surface area contributed by atoms with Gasteiger partial charge in [0, 0.05) is 18.3 Å². The number of benzene rings is 1. The van der Waals surface area contributed by atoms with Crippen molar-refractivity contribution in [3.8, 4) is 11.5 Å². The minimum atomic E-state index is -0.171. The number of amides is 1. The summed E-state index contributed by atoms with van der Waals surface area (Å²) in [5.41, 5.74) is 13.2. The number of carbonyl (C=O) groups is 1. The lowest BCUT2D eigenvalue weighted by molar-refractivity contribution is -0.121. The van der Waals surface area contributed by atoms with Crippen molar-refractivity contribution in [2.45, 2.75) is 26.7 Å². The van der Waals surface area contributed by atoms with Crippen molar-refractivity contribution >= 4 is 22.8 Å². The topological polar surface area (TPSA) is 124 Å². The fourth-order valence-corrected chi connectivity index (χ4v) is 2.29. The van der Waals surface area contributed by atoms with Gasteiger partial charge in [-0.2, -0.15) is 0 Å². The zero-order valence-corrected chi connectivity index (χ0v) is 13.9. The summed E-state index contributed by atoms with van der Waals surface area (Å²) >= 11 is 0. The van der Waals surface area contributed by atoms with Crippen molar-refractivity contribution in [3.05, 3.63) is 36.7 Å². The number of aromatic amines is 1. The minimum absolute atomic E-state index is 0.0926. The number of fused-ring (bicyclic) bond motifs is 1. The Morgan fingerprint density at radius 1 is 1.17 bits per heavy atom. The van der Waals surface area contributed by atoms with Gasteiger partial charge in [0.2, 0.25) is 5.91 Å². The molecule has 1 amide bonds. The minimum Gasteiger partial charge on any atom is -0.382 e. The molecule has 2 heterocycles. The molecule has 0 saturated heterocycles. The van der Waals surface area contributed by atoms with Crippen molar-refractivity contribution in [3.63, 3.8) is 0 Å². The van der Waals surface area contributed by atoms with E-state index in [2.05, 4.69) is 19.9 Å².